The van der Waals surface area contributed by atoms with Crippen molar-refractivity contribution in [3.05, 3.63) is 69.7 Å². The van der Waals surface area contributed by atoms with Gasteiger partial charge in [0.15, 0.2) is 5.13 Å². The molecular weight excluding hydrogens is 410 g/mol. The van der Waals surface area contributed by atoms with Crippen LogP contribution in [0.1, 0.15) is 50.8 Å². The third-order valence-electron chi connectivity index (χ3n) is 5.62. The first kappa shape index (κ1) is 21.1. The zero-order valence-corrected chi connectivity index (χ0v) is 18.6. The van der Waals surface area contributed by atoms with Crippen molar-refractivity contribution in [3.63, 3.8) is 0 Å². The van der Waals surface area contributed by atoms with Gasteiger partial charge < -0.3 is 10.1 Å². The Bertz CT molecular complexity index is 1120. The summed E-state index contributed by atoms with van der Waals surface area (Å²) in [6.45, 7) is 4.08. The van der Waals surface area contributed by atoms with E-state index in [0.29, 0.717) is 16.4 Å². The lowest BCUT2D eigenvalue weighted by atomic mass is 9.90. The summed E-state index contributed by atoms with van der Waals surface area (Å²) in [5.74, 6) is 0.0968. The van der Waals surface area contributed by atoms with Gasteiger partial charge in [0.05, 0.1) is 18.7 Å². The predicted octanol–water partition coefficient (Wildman–Crippen LogP) is 5.08. The summed E-state index contributed by atoms with van der Waals surface area (Å²) in [5, 5.41) is 6.43. The van der Waals surface area contributed by atoms with E-state index in [9.17, 15) is 9.59 Å². The highest BCUT2D eigenvalue weighted by Crippen LogP contribution is 2.37. The molecule has 0 spiro atoms. The lowest BCUT2D eigenvalue weighted by Crippen LogP contribution is -2.24. The van der Waals surface area contributed by atoms with Crippen LogP contribution in [-0.4, -0.2) is 23.9 Å². The van der Waals surface area contributed by atoms with E-state index >= 15 is 0 Å². The van der Waals surface area contributed by atoms with Crippen molar-refractivity contribution in [1.82, 2.24) is 4.98 Å². The molecule has 0 saturated carbocycles. The molecule has 4 rings (SSSR count). The second-order valence-electron chi connectivity index (χ2n) is 7.74. The van der Waals surface area contributed by atoms with E-state index < -0.39 is 0 Å². The molecule has 1 heterocycles. The maximum absolute atomic E-state index is 13.0. The first-order valence-corrected chi connectivity index (χ1v) is 11.1. The number of methoxy groups -OCH3 is 1. The summed E-state index contributed by atoms with van der Waals surface area (Å²) in [6, 6.07) is 12.8. The van der Waals surface area contributed by atoms with E-state index in [1.807, 2.05) is 32.0 Å². The van der Waals surface area contributed by atoms with Crippen molar-refractivity contribution in [2.45, 2.75) is 39.0 Å². The van der Waals surface area contributed by atoms with Crippen LogP contribution in [0.25, 0.3) is 0 Å². The summed E-state index contributed by atoms with van der Waals surface area (Å²) in [7, 11) is 1.59. The first-order chi connectivity index (χ1) is 14.9. The van der Waals surface area contributed by atoms with Crippen LogP contribution in [0.3, 0.4) is 0 Å². The maximum Gasteiger partial charge on any atom is 0.257 e. The number of aryl methyl sites for hydroxylation is 3. The van der Waals surface area contributed by atoms with Crippen molar-refractivity contribution in [2.75, 3.05) is 17.7 Å². The van der Waals surface area contributed by atoms with Gasteiger partial charge in [0.2, 0.25) is 5.91 Å². The number of hydrogen-bond donors (Lipinski definition) is 2. The molecule has 2 aromatic carbocycles. The molecule has 1 aromatic heterocycles. The van der Waals surface area contributed by atoms with Gasteiger partial charge >= 0.3 is 0 Å². The highest BCUT2D eigenvalue weighted by atomic mass is 32.1. The molecule has 1 aliphatic carbocycles. The van der Waals surface area contributed by atoms with Crippen molar-refractivity contribution in [1.29, 1.82) is 0 Å². The largest absolute Gasteiger partial charge is 0.497 e. The molecule has 160 valence electrons. The van der Waals surface area contributed by atoms with Gasteiger partial charge in [-0.1, -0.05) is 6.07 Å². The Morgan fingerprint density at radius 3 is 2.55 bits per heavy atom. The molecule has 2 amide bonds. The molecule has 0 aliphatic heterocycles. The fourth-order valence-electron chi connectivity index (χ4n) is 3.69. The van der Waals surface area contributed by atoms with Gasteiger partial charge in [-0.25, -0.2) is 4.98 Å². The van der Waals surface area contributed by atoms with Crippen LogP contribution >= 0.6 is 11.3 Å². The van der Waals surface area contributed by atoms with Crippen LogP contribution in [0.15, 0.2) is 42.5 Å². The second kappa shape index (κ2) is 8.89. The predicted molar refractivity (Wildman–Crippen MR) is 123 cm³/mol. The van der Waals surface area contributed by atoms with E-state index in [-0.39, 0.29) is 17.7 Å². The number of carbonyl (C=O) groups excluding carboxylic acids is 2. The minimum atomic E-state index is -0.312. The Morgan fingerprint density at radius 1 is 1.06 bits per heavy atom. The van der Waals surface area contributed by atoms with Gasteiger partial charge in [-0.15, -0.1) is 11.3 Å². The monoisotopic (exact) mass is 435 g/mol. The average Bonchev–Trinajstić information content (AvgIpc) is 3.18. The molecular formula is C24H25N3O3S. The quantitative estimate of drug-likeness (QED) is 0.586. The van der Waals surface area contributed by atoms with E-state index in [1.54, 1.807) is 31.4 Å². The molecule has 0 fully saturated rings. The molecule has 1 aliphatic rings. The maximum atomic E-state index is 13.0. The van der Waals surface area contributed by atoms with Crippen molar-refractivity contribution < 1.29 is 14.3 Å². The first-order valence-electron chi connectivity index (χ1n) is 10.3. The summed E-state index contributed by atoms with van der Waals surface area (Å²) < 4.78 is 5.13. The number of carbonyl (C=O) groups is 2. The van der Waals surface area contributed by atoms with E-state index in [2.05, 4.69) is 15.6 Å². The zero-order valence-electron chi connectivity index (χ0n) is 17.8. The number of hydrogen-bond acceptors (Lipinski definition) is 5. The SMILES string of the molecule is COc1ccc(C(=O)Nc2nc3c(s2)CCCC3C(=O)Nc2ccc(C)c(C)c2)cc1. The standard InChI is InChI=1S/C24H25N3O3S/c1-14-7-10-17(13-15(14)2)25-23(29)19-5-4-6-20-21(19)26-24(31-20)27-22(28)16-8-11-18(30-3)12-9-16/h7-13,19H,4-6H2,1-3H3,(H,25,29)(H,26,27,28). The Morgan fingerprint density at radius 2 is 1.84 bits per heavy atom. The molecule has 6 nitrogen and oxygen atoms in total. The van der Waals surface area contributed by atoms with Crippen molar-refractivity contribution in [2.24, 2.45) is 0 Å². The fraction of sp³-hybridized carbons (Fsp3) is 0.292. The fourth-order valence-corrected chi connectivity index (χ4v) is 4.75. The van der Waals surface area contributed by atoms with E-state index in [4.69, 9.17) is 4.74 Å². The Labute approximate surface area is 185 Å². The molecule has 2 N–H and O–H groups in total. The summed E-state index contributed by atoms with van der Waals surface area (Å²) in [6.07, 6.45) is 2.55. The second-order valence-corrected chi connectivity index (χ2v) is 8.83. The van der Waals surface area contributed by atoms with Crippen molar-refractivity contribution >= 4 is 34.0 Å². The van der Waals surface area contributed by atoms with Crippen LogP contribution in [-0.2, 0) is 11.2 Å². The average molecular weight is 436 g/mol. The molecule has 0 radical (unpaired) electrons. The number of benzene rings is 2. The molecule has 31 heavy (non-hydrogen) atoms. The molecule has 0 bridgehead atoms. The smallest absolute Gasteiger partial charge is 0.257 e. The van der Waals surface area contributed by atoms with Crippen LogP contribution in [0, 0.1) is 13.8 Å². The van der Waals surface area contributed by atoms with Gasteiger partial charge in [0.25, 0.3) is 5.91 Å². The van der Waals surface area contributed by atoms with E-state index in [1.165, 1.54) is 16.9 Å². The van der Waals surface area contributed by atoms with Crippen LogP contribution in [0.2, 0.25) is 0 Å². The minimum absolute atomic E-state index is 0.0532. The lowest BCUT2D eigenvalue weighted by molar-refractivity contribution is -0.117. The lowest BCUT2D eigenvalue weighted by Gasteiger charge is -2.20. The number of ether oxygens (including phenoxy) is 1. The third kappa shape index (κ3) is 4.61. The Kier molecular flexibility index (Phi) is 6.04. The molecule has 7 heteroatoms. The number of nitrogens with zero attached hydrogens (tertiary/aromatic N) is 1. The Hall–Kier alpha value is -3.19. The van der Waals surface area contributed by atoms with Crippen molar-refractivity contribution in [3.8, 4) is 5.75 Å². The number of anilines is 2. The number of thiazole rings is 1. The number of aromatic nitrogens is 1. The van der Waals surface area contributed by atoms with Gasteiger partial charge in [-0.3, -0.25) is 14.9 Å². The van der Waals surface area contributed by atoms with Crippen LogP contribution in [0.5, 0.6) is 5.75 Å². The number of nitrogens with one attached hydrogen (secondary N) is 2. The van der Waals surface area contributed by atoms with E-state index in [0.717, 1.165) is 41.1 Å². The molecule has 3 aromatic rings. The summed E-state index contributed by atoms with van der Waals surface area (Å²) >= 11 is 1.45. The van der Waals surface area contributed by atoms with Gasteiger partial charge in [-0.05, 0) is 80.6 Å². The normalized spacial score (nSPS) is 15.1. The topological polar surface area (TPSA) is 80.3 Å². The molecule has 1 atom stereocenters. The van der Waals surface area contributed by atoms with Crippen LogP contribution < -0.4 is 15.4 Å². The molecule has 1 unspecified atom stereocenters. The summed E-state index contributed by atoms with van der Waals surface area (Å²) in [4.78, 5) is 31.3. The van der Waals surface area contributed by atoms with Gasteiger partial charge in [-0.2, -0.15) is 0 Å². The third-order valence-corrected chi connectivity index (χ3v) is 6.66. The Balaban J connectivity index is 1.49. The highest BCUT2D eigenvalue weighted by Gasteiger charge is 2.30. The minimum Gasteiger partial charge on any atom is -0.497 e. The summed E-state index contributed by atoms with van der Waals surface area (Å²) in [5.41, 5.74) is 4.43. The molecule has 0 saturated heterocycles. The number of fused-ring (bicyclic) bond motifs is 1. The highest BCUT2D eigenvalue weighted by molar-refractivity contribution is 7.16. The van der Waals surface area contributed by atoms with Gasteiger partial charge in [0.1, 0.15) is 5.75 Å². The van der Waals surface area contributed by atoms with Crippen LogP contribution in [0.4, 0.5) is 10.8 Å². The zero-order chi connectivity index (χ0) is 22.0. The number of amides is 2. The van der Waals surface area contributed by atoms with Gasteiger partial charge in [0, 0.05) is 16.1 Å². The number of rotatable bonds is 5.